The SMILES string of the molecule is COC(=O)CN(C)CC(=O)N(C)Cc1cccc(Cl)c1. The Kier molecular flexibility index (Phi) is 6.48. The second-order valence-electron chi connectivity index (χ2n) is 4.63. The number of ether oxygens (including phenoxy) is 1. The minimum Gasteiger partial charge on any atom is -0.468 e. The number of hydrogen-bond acceptors (Lipinski definition) is 4. The molecule has 0 bridgehead atoms. The van der Waals surface area contributed by atoms with Gasteiger partial charge in [-0.05, 0) is 24.7 Å². The van der Waals surface area contributed by atoms with Crippen LogP contribution in [0.1, 0.15) is 5.56 Å². The van der Waals surface area contributed by atoms with Crippen molar-refractivity contribution in [2.45, 2.75) is 6.54 Å². The number of benzene rings is 1. The van der Waals surface area contributed by atoms with Crippen molar-refractivity contribution < 1.29 is 14.3 Å². The van der Waals surface area contributed by atoms with Crippen LogP contribution in [-0.2, 0) is 20.9 Å². The Morgan fingerprint density at radius 2 is 1.95 bits per heavy atom. The smallest absolute Gasteiger partial charge is 0.319 e. The Balaban J connectivity index is 2.48. The third kappa shape index (κ3) is 5.59. The molecule has 0 aliphatic carbocycles. The first-order chi connectivity index (χ1) is 9.42. The summed E-state index contributed by atoms with van der Waals surface area (Å²) in [6.45, 7) is 0.727. The van der Waals surface area contributed by atoms with E-state index in [1.807, 2.05) is 18.2 Å². The molecule has 6 heteroatoms. The monoisotopic (exact) mass is 298 g/mol. The highest BCUT2D eigenvalue weighted by molar-refractivity contribution is 6.30. The van der Waals surface area contributed by atoms with Gasteiger partial charge in [-0.3, -0.25) is 14.5 Å². The zero-order valence-corrected chi connectivity index (χ0v) is 12.7. The van der Waals surface area contributed by atoms with Crippen LogP contribution in [0.25, 0.3) is 0 Å². The quantitative estimate of drug-likeness (QED) is 0.745. The highest BCUT2D eigenvalue weighted by atomic mass is 35.5. The molecule has 1 amide bonds. The minimum absolute atomic E-state index is 0.0728. The molecule has 110 valence electrons. The highest BCUT2D eigenvalue weighted by Crippen LogP contribution is 2.12. The van der Waals surface area contributed by atoms with Crippen molar-refractivity contribution in [3.05, 3.63) is 34.9 Å². The van der Waals surface area contributed by atoms with Crippen LogP contribution in [0.15, 0.2) is 24.3 Å². The van der Waals surface area contributed by atoms with Crippen molar-refractivity contribution in [2.24, 2.45) is 0 Å². The van der Waals surface area contributed by atoms with E-state index in [9.17, 15) is 9.59 Å². The summed E-state index contributed by atoms with van der Waals surface area (Å²) in [7, 11) is 4.74. The Labute approximate surface area is 124 Å². The number of nitrogens with zero attached hydrogens (tertiary/aromatic N) is 2. The second kappa shape index (κ2) is 7.87. The van der Waals surface area contributed by atoms with Gasteiger partial charge in [0.25, 0.3) is 0 Å². The van der Waals surface area contributed by atoms with Gasteiger partial charge in [-0.2, -0.15) is 0 Å². The summed E-state index contributed by atoms with van der Waals surface area (Å²) in [6, 6.07) is 7.37. The number of likely N-dealkylation sites (N-methyl/N-ethyl adjacent to an activating group) is 2. The summed E-state index contributed by atoms with van der Waals surface area (Å²) in [5.74, 6) is -0.436. The van der Waals surface area contributed by atoms with Gasteiger partial charge in [0.05, 0.1) is 20.2 Å². The fourth-order valence-electron chi connectivity index (χ4n) is 1.69. The fourth-order valence-corrected chi connectivity index (χ4v) is 1.90. The van der Waals surface area contributed by atoms with Crippen molar-refractivity contribution in [1.29, 1.82) is 0 Å². The lowest BCUT2D eigenvalue weighted by molar-refractivity contribution is -0.142. The molecule has 0 fully saturated rings. The molecule has 0 heterocycles. The summed E-state index contributed by atoms with van der Waals surface area (Å²) < 4.78 is 4.55. The van der Waals surface area contributed by atoms with Crippen molar-refractivity contribution in [2.75, 3.05) is 34.3 Å². The summed E-state index contributed by atoms with van der Waals surface area (Å²) in [4.78, 5) is 26.3. The Morgan fingerprint density at radius 3 is 2.55 bits per heavy atom. The molecule has 0 saturated carbocycles. The minimum atomic E-state index is -0.363. The predicted molar refractivity (Wildman–Crippen MR) is 77.4 cm³/mol. The zero-order chi connectivity index (χ0) is 15.1. The first-order valence-electron chi connectivity index (χ1n) is 6.16. The molecule has 1 aromatic rings. The third-order valence-electron chi connectivity index (χ3n) is 2.77. The van der Waals surface area contributed by atoms with Crippen molar-refractivity contribution >= 4 is 23.5 Å². The van der Waals surface area contributed by atoms with Gasteiger partial charge in [0.2, 0.25) is 5.91 Å². The molecule has 0 aliphatic rings. The maximum atomic E-state index is 12.0. The lowest BCUT2D eigenvalue weighted by atomic mass is 10.2. The topological polar surface area (TPSA) is 49.9 Å². The van der Waals surface area contributed by atoms with Crippen LogP contribution in [0.2, 0.25) is 5.02 Å². The van der Waals surface area contributed by atoms with Gasteiger partial charge < -0.3 is 9.64 Å². The maximum absolute atomic E-state index is 12.0. The van der Waals surface area contributed by atoms with Gasteiger partial charge >= 0.3 is 5.97 Å². The third-order valence-corrected chi connectivity index (χ3v) is 3.00. The molecule has 1 aromatic carbocycles. The molecule has 0 atom stereocenters. The molecule has 0 spiro atoms. The summed E-state index contributed by atoms with van der Waals surface area (Å²) >= 11 is 5.90. The molecule has 0 unspecified atom stereocenters. The Hall–Kier alpha value is -1.59. The normalized spacial score (nSPS) is 10.4. The highest BCUT2D eigenvalue weighted by Gasteiger charge is 2.14. The molecule has 0 aliphatic heterocycles. The molecule has 5 nitrogen and oxygen atoms in total. The number of hydrogen-bond donors (Lipinski definition) is 0. The number of esters is 1. The van der Waals surface area contributed by atoms with Crippen LogP contribution in [0.4, 0.5) is 0 Å². The van der Waals surface area contributed by atoms with Crippen LogP contribution in [0, 0.1) is 0 Å². The molecule has 0 aromatic heterocycles. The molecule has 1 rings (SSSR count). The van der Waals surface area contributed by atoms with Gasteiger partial charge in [-0.15, -0.1) is 0 Å². The number of amides is 1. The largest absolute Gasteiger partial charge is 0.468 e. The van der Waals surface area contributed by atoms with E-state index in [-0.39, 0.29) is 25.0 Å². The van der Waals surface area contributed by atoms with Crippen molar-refractivity contribution in [3.63, 3.8) is 0 Å². The Morgan fingerprint density at radius 1 is 1.25 bits per heavy atom. The number of carbonyl (C=O) groups excluding carboxylic acids is 2. The van der Waals surface area contributed by atoms with Gasteiger partial charge in [0.1, 0.15) is 0 Å². The Bertz CT molecular complexity index is 479. The summed E-state index contributed by atoms with van der Waals surface area (Å²) in [5, 5.41) is 0.645. The van der Waals surface area contributed by atoms with E-state index >= 15 is 0 Å². The van der Waals surface area contributed by atoms with Gasteiger partial charge in [-0.1, -0.05) is 23.7 Å². The first kappa shape index (κ1) is 16.5. The van der Waals surface area contributed by atoms with E-state index in [4.69, 9.17) is 11.6 Å². The van der Waals surface area contributed by atoms with Crippen LogP contribution in [0.5, 0.6) is 0 Å². The maximum Gasteiger partial charge on any atom is 0.319 e. The van der Waals surface area contributed by atoms with E-state index < -0.39 is 0 Å². The molecule has 0 radical (unpaired) electrons. The van der Waals surface area contributed by atoms with E-state index in [1.54, 1.807) is 30.0 Å². The van der Waals surface area contributed by atoms with Crippen molar-refractivity contribution in [3.8, 4) is 0 Å². The summed E-state index contributed by atoms with van der Waals surface area (Å²) in [5.41, 5.74) is 0.962. The molecule has 0 N–H and O–H groups in total. The molecule has 0 saturated heterocycles. The van der Waals surface area contributed by atoms with E-state index in [0.29, 0.717) is 11.6 Å². The lowest BCUT2D eigenvalue weighted by Crippen LogP contribution is -2.38. The molecular weight excluding hydrogens is 280 g/mol. The second-order valence-corrected chi connectivity index (χ2v) is 5.06. The van der Waals surface area contributed by atoms with E-state index in [2.05, 4.69) is 4.74 Å². The van der Waals surface area contributed by atoms with Gasteiger partial charge in [0.15, 0.2) is 0 Å². The van der Waals surface area contributed by atoms with Crippen LogP contribution < -0.4 is 0 Å². The first-order valence-corrected chi connectivity index (χ1v) is 6.54. The predicted octanol–water partition coefficient (Wildman–Crippen LogP) is 1.40. The van der Waals surface area contributed by atoms with Crippen LogP contribution >= 0.6 is 11.6 Å². The average molecular weight is 299 g/mol. The number of halogens is 1. The molecule has 20 heavy (non-hydrogen) atoms. The zero-order valence-electron chi connectivity index (χ0n) is 11.9. The fraction of sp³-hybridized carbons (Fsp3) is 0.429. The van der Waals surface area contributed by atoms with Gasteiger partial charge in [0, 0.05) is 18.6 Å². The molecular formula is C14H19ClN2O3. The van der Waals surface area contributed by atoms with E-state index in [0.717, 1.165) is 5.56 Å². The van der Waals surface area contributed by atoms with E-state index in [1.165, 1.54) is 7.11 Å². The van der Waals surface area contributed by atoms with Crippen LogP contribution in [0.3, 0.4) is 0 Å². The number of methoxy groups -OCH3 is 1. The van der Waals surface area contributed by atoms with Crippen LogP contribution in [-0.4, -0.2) is 56.0 Å². The van der Waals surface area contributed by atoms with Gasteiger partial charge in [-0.25, -0.2) is 0 Å². The average Bonchev–Trinajstić information content (AvgIpc) is 2.38. The lowest BCUT2D eigenvalue weighted by Gasteiger charge is -2.21. The standard InChI is InChI=1S/C14H19ClN2O3/c1-16(10-14(19)20-3)9-13(18)17(2)8-11-5-4-6-12(15)7-11/h4-7H,8-10H2,1-3H3. The number of carbonyl (C=O) groups is 2. The summed E-state index contributed by atoms with van der Waals surface area (Å²) in [6.07, 6.45) is 0. The number of rotatable bonds is 6. The van der Waals surface area contributed by atoms with Crippen molar-refractivity contribution in [1.82, 2.24) is 9.80 Å².